The van der Waals surface area contributed by atoms with Gasteiger partial charge in [0.05, 0.1) is 6.04 Å². The van der Waals surface area contributed by atoms with Crippen molar-refractivity contribution >= 4 is 15.9 Å². The molecule has 0 heterocycles. The maximum atomic E-state index is 6.24. The fourth-order valence-electron chi connectivity index (χ4n) is 2.03. The lowest BCUT2D eigenvalue weighted by Gasteiger charge is -2.19. The standard InChI is InChI=1S/C13H16BrN/c14-12-8-6-11(7-9-12)13(15)10-4-2-1-3-5-10/h4,6-9,13H,1-3,5,15H2. The summed E-state index contributed by atoms with van der Waals surface area (Å²) in [5.74, 6) is 0. The van der Waals surface area contributed by atoms with Gasteiger partial charge in [-0.3, -0.25) is 0 Å². The molecule has 1 unspecified atom stereocenters. The number of hydrogen-bond donors (Lipinski definition) is 1. The molecule has 1 nitrogen and oxygen atoms in total. The first kappa shape index (κ1) is 10.9. The van der Waals surface area contributed by atoms with Gasteiger partial charge in [-0.15, -0.1) is 0 Å². The van der Waals surface area contributed by atoms with Crippen LogP contribution < -0.4 is 5.73 Å². The minimum atomic E-state index is 0.0957. The number of allylic oxidation sites excluding steroid dienone is 1. The molecular weight excluding hydrogens is 250 g/mol. The van der Waals surface area contributed by atoms with E-state index in [2.05, 4.69) is 46.3 Å². The van der Waals surface area contributed by atoms with E-state index in [0.717, 1.165) is 10.9 Å². The van der Waals surface area contributed by atoms with Crippen molar-refractivity contribution < 1.29 is 0 Å². The van der Waals surface area contributed by atoms with E-state index in [9.17, 15) is 0 Å². The monoisotopic (exact) mass is 265 g/mol. The van der Waals surface area contributed by atoms with Crippen LogP contribution in [0.3, 0.4) is 0 Å². The van der Waals surface area contributed by atoms with Gasteiger partial charge in [0.15, 0.2) is 0 Å². The number of hydrogen-bond acceptors (Lipinski definition) is 1. The Hall–Kier alpha value is -0.600. The third-order valence-electron chi connectivity index (χ3n) is 2.95. The maximum absolute atomic E-state index is 6.24. The highest BCUT2D eigenvalue weighted by Gasteiger charge is 2.13. The van der Waals surface area contributed by atoms with Crippen LogP contribution in [-0.2, 0) is 0 Å². The normalized spacial score (nSPS) is 18.4. The fourth-order valence-corrected chi connectivity index (χ4v) is 2.29. The van der Waals surface area contributed by atoms with Crippen LogP contribution >= 0.6 is 15.9 Å². The van der Waals surface area contributed by atoms with Crippen LogP contribution in [0.15, 0.2) is 40.4 Å². The van der Waals surface area contributed by atoms with Crippen molar-refractivity contribution in [3.63, 3.8) is 0 Å². The van der Waals surface area contributed by atoms with E-state index < -0.39 is 0 Å². The first-order chi connectivity index (χ1) is 7.27. The van der Waals surface area contributed by atoms with Gasteiger partial charge >= 0.3 is 0 Å². The van der Waals surface area contributed by atoms with Gasteiger partial charge in [-0.05, 0) is 43.4 Å². The molecule has 0 aromatic heterocycles. The average Bonchev–Trinajstić information content (AvgIpc) is 2.30. The minimum Gasteiger partial charge on any atom is -0.321 e. The molecule has 1 aliphatic rings. The van der Waals surface area contributed by atoms with Crippen LogP contribution in [0.25, 0.3) is 0 Å². The summed E-state index contributed by atoms with van der Waals surface area (Å²) in [7, 11) is 0. The highest BCUT2D eigenvalue weighted by atomic mass is 79.9. The van der Waals surface area contributed by atoms with Crippen LogP contribution in [0.5, 0.6) is 0 Å². The summed E-state index contributed by atoms with van der Waals surface area (Å²) < 4.78 is 1.11. The Balaban J connectivity index is 2.16. The van der Waals surface area contributed by atoms with Gasteiger partial charge < -0.3 is 5.73 Å². The molecule has 15 heavy (non-hydrogen) atoms. The SMILES string of the molecule is NC(C1=CCCCC1)c1ccc(Br)cc1. The molecule has 0 saturated carbocycles. The molecule has 1 aromatic carbocycles. The number of benzene rings is 1. The van der Waals surface area contributed by atoms with Crippen molar-refractivity contribution in [2.24, 2.45) is 5.73 Å². The predicted molar refractivity (Wildman–Crippen MR) is 67.6 cm³/mol. The molecule has 1 aliphatic carbocycles. The van der Waals surface area contributed by atoms with E-state index in [-0.39, 0.29) is 6.04 Å². The highest BCUT2D eigenvalue weighted by Crippen LogP contribution is 2.28. The Morgan fingerprint density at radius 2 is 1.87 bits per heavy atom. The molecule has 0 bridgehead atoms. The van der Waals surface area contributed by atoms with Crippen LogP contribution in [0.2, 0.25) is 0 Å². The van der Waals surface area contributed by atoms with Gasteiger partial charge in [-0.2, -0.15) is 0 Å². The molecule has 1 aromatic rings. The molecule has 0 spiro atoms. The third-order valence-corrected chi connectivity index (χ3v) is 3.48. The first-order valence-corrected chi connectivity index (χ1v) is 6.26. The topological polar surface area (TPSA) is 26.0 Å². The smallest absolute Gasteiger partial charge is 0.0510 e. The summed E-state index contributed by atoms with van der Waals surface area (Å²) in [6.07, 6.45) is 7.28. The van der Waals surface area contributed by atoms with Crippen molar-refractivity contribution in [1.82, 2.24) is 0 Å². The van der Waals surface area contributed by atoms with Crippen LogP contribution in [-0.4, -0.2) is 0 Å². The van der Waals surface area contributed by atoms with E-state index in [4.69, 9.17) is 5.73 Å². The fraction of sp³-hybridized carbons (Fsp3) is 0.385. The molecular formula is C13H16BrN. The molecule has 0 radical (unpaired) electrons. The predicted octanol–water partition coefficient (Wildman–Crippen LogP) is 3.95. The average molecular weight is 266 g/mol. The zero-order valence-electron chi connectivity index (χ0n) is 8.75. The quantitative estimate of drug-likeness (QED) is 0.806. The summed E-state index contributed by atoms with van der Waals surface area (Å²) >= 11 is 3.44. The lowest BCUT2D eigenvalue weighted by molar-refractivity contribution is 0.648. The molecule has 2 heteroatoms. The molecule has 2 rings (SSSR count). The van der Waals surface area contributed by atoms with Crippen LogP contribution in [0.1, 0.15) is 37.3 Å². The minimum absolute atomic E-state index is 0.0957. The van der Waals surface area contributed by atoms with E-state index in [1.807, 2.05) is 0 Å². The van der Waals surface area contributed by atoms with Gasteiger partial charge in [0, 0.05) is 4.47 Å². The highest BCUT2D eigenvalue weighted by molar-refractivity contribution is 9.10. The Bertz CT molecular complexity index is 353. The van der Waals surface area contributed by atoms with Gasteiger partial charge in [0.2, 0.25) is 0 Å². The van der Waals surface area contributed by atoms with Gasteiger partial charge in [-0.1, -0.05) is 39.7 Å². The van der Waals surface area contributed by atoms with Gasteiger partial charge in [0.25, 0.3) is 0 Å². The zero-order valence-corrected chi connectivity index (χ0v) is 10.3. The maximum Gasteiger partial charge on any atom is 0.0510 e. The Morgan fingerprint density at radius 1 is 1.13 bits per heavy atom. The summed E-state index contributed by atoms with van der Waals surface area (Å²) in [4.78, 5) is 0. The number of nitrogens with two attached hydrogens (primary N) is 1. The first-order valence-electron chi connectivity index (χ1n) is 5.47. The number of halogens is 1. The summed E-state index contributed by atoms with van der Waals surface area (Å²) in [6.45, 7) is 0. The molecule has 80 valence electrons. The van der Waals surface area contributed by atoms with E-state index in [1.54, 1.807) is 0 Å². The van der Waals surface area contributed by atoms with Crippen LogP contribution in [0.4, 0.5) is 0 Å². The molecule has 0 fully saturated rings. The summed E-state index contributed by atoms with van der Waals surface area (Å²) in [5.41, 5.74) is 8.86. The summed E-state index contributed by atoms with van der Waals surface area (Å²) in [6, 6.07) is 8.41. The van der Waals surface area contributed by atoms with E-state index in [0.29, 0.717) is 0 Å². The van der Waals surface area contributed by atoms with Crippen LogP contribution in [0, 0.1) is 0 Å². The zero-order chi connectivity index (χ0) is 10.7. The lowest BCUT2D eigenvalue weighted by atomic mass is 9.90. The molecule has 2 N–H and O–H groups in total. The van der Waals surface area contributed by atoms with Gasteiger partial charge in [0.1, 0.15) is 0 Å². The van der Waals surface area contributed by atoms with Crippen molar-refractivity contribution in [1.29, 1.82) is 0 Å². The lowest BCUT2D eigenvalue weighted by Crippen LogP contribution is -2.14. The van der Waals surface area contributed by atoms with Crippen molar-refractivity contribution in [2.45, 2.75) is 31.7 Å². The Labute approximate surface area is 99.5 Å². The summed E-state index contributed by atoms with van der Waals surface area (Å²) in [5, 5.41) is 0. The van der Waals surface area contributed by atoms with Gasteiger partial charge in [-0.25, -0.2) is 0 Å². The second-order valence-corrected chi connectivity index (χ2v) is 4.97. The third kappa shape index (κ3) is 2.70. The Morgan fingerprint density at radius 3 is 2.47 bits per heavy atom. The van der Waals surface area contributed by atoms with Crippen molar-refractivity contribution in [2.75, 3.05) is 0 Å². The van der Waals surface area contributed by atoms with E-state index >= 15 is 0 Å². The van der Waals surface area contributed by atoms with Crippen molar-refractivity contribution in [3.05, 3.63) is 46.0 Å². The molecule has 0 amide bonds. The van der Waals surface area contributed by atoms with Crippen molar-refractivity contribution in [3.8, 4) is 0 Å². The Kier molecular flexibility index (Phi) is 3.60. The molecule has 0 aliphatic heterocycles. The van der Waals surface area contributed by atoms with E-state index in [1.165, 1.54) is 30.4 Å². The second-order valence-electron chi connectivity index (χ2n) is 4.05. The molecule has 0 saturated heterocycles. The number of rotatable bonds is 2. The molecule has 1 atom stereocenters. The largest absolute Gasteiger partial charge is 0.321 e. The second kappa shape index (κ2) is 4.95.